The van der Waals surface area contributed by atoms with Crippen molar-refractivity contribution in [2.45, 2.75) is 45.7 Å². The van der Waals surface area contributed by atoms with Gasteiger partial charge < -0.3 is 10.2 Å². The first kappa shape index (κ1) is 16.9. The van der Waals surface area contributed by atoms with Crippen LogP contribution in [0.15, 0.2) is 12.1 Å². The molecule has 1 aromatic heterocycles. The van der Waals surface area contributed by atoms with Crippen molar-refractivity contribution in [2.24, 2.45) is 0 Å². The Balaban J connectivity index is 1.85. The zero-order chi connectivity index (χ0) is 15.5. The zero-order valence-electron chi connectivity index (χ0n) is 14.3. The number of rotatable bonds is 6. The summed E-state index contributed by atoms with van der Waals surface area (Å²) in [5.41, 5.74) is 0.223. The van der Waals surface area contributed by atoms with Crippen LogP contribution in [0, 0.1) is 0 Å². The average molecular weight is 310 g/mol. The van der Waals surface area contributed by atoms with Gasteiger partial charge in [-0.25, -0.2) is 0 Å². The Morgan fingerprint density at radius 1 is 1.24 bits per heavy atom. The Labute approximate surface area is 134 Å². The summed E-state index contributed by atoms with van der Waals surface area (Å²) in [6.45, 7) is 15.0. The second-order valence-corrected chi connectivity index (χ2v) is 8.06. The van der Waals surface area contributed by atoms with Gasteiger partial charge in [0.1, 0.15) is 0 Å². The van der Waals surface area contributed by atoms with Crippen LogP contribution in [0.5, 0.6) is 0 Å². The molecule has 0 saturated carbocycles. The topological polar surface area (TPSA) is 18.5 Å². The van der Waals surface area contributed by atoms with Crippen LogP contribution in [0.25, 0.3) is 0 Å². The highest BCUT2D eigenvalue weighted by molar-refractivity contribution is 7.12. The second kappa shape index (κ2) is 7.23. The van der Waals surface area contributed by atoms with E-state index in [1.54, 1.807) is 0 Å². The molecule has 0 radical (unpaired) electrons. The third kappa shape index (κ3) is 4.52. The molecular weight excluding hydrogens is 278 g/mol. The quantitative estimate of drug-likeness (QED) is 0.871. The van der Waals surface area contributed by atoms with Crippen molar-refractivity contribution < 1.29 is 0 Å². The van der Waals surface area contributed by atoms with Crippen LogP contribution < -0.4 is 5.32 Å². The largest absolute Gasteiger partial charge is 0.308 e. The number of aryl methyl sites for hydroxylation is 1. The number of nitrogens with one attached hydrogen (secondary N) is 1. The minimum atomic E-state index is 0.223. The standard InChI is InChI=1S/C17H31N3S/c1-6-15-7-8-16(21-15)14(2)18-13-17(3,4)20-11-9-19(5)10-12-20/h7-8,14,18H,6,9-13H2,1-5H3. The Kier molecular flexibility index (Phi) is 5.83. The maximum absolute atomic E-state index is 3.74. The summed E-state index contributed by atoms with van der Waals surface area (Å²) in [7, 11) is 2.22. The van der Waals surface area contributed by atoms with E-state index in [9.17, 15) is 0 Å². The first-order valence-corrected chi connectivity index (χ1v) is 8.99. The smallest absolute Gasteiger partial charge is 0.0386 e. The van der Waals surface area contributed by atoms with Gasteiger partial charge in [0.05, 0.1) is 0 Å². The summed E-state index contributed by atoms with van der Waals surface area (Å²) in [6, 6.07) is 5.00. The fourth-order valence-corrected chi connectivity index (χ4v) is 3.82. The lowest BCUT2D eigenvalue weighted by Crippen LogP contribution is -2.57. The molecule has 1 aliphatic rings. The Morgan fingerprint density at radius 2 is 1.90 bits per heavy atom. The van der Waals surface area contributed by atoms with E-state index in [1.165, 1.54) is 35.9 Å². The lowest BCUT2D eigenvalue weighted by molar-refractivity contribution is 0.0605. The minimum absolute atomic E-state index is 0.223. The first-order valence-electron chi connectivity index (χ1n) is 8.18. The molecule has 2 rings (SSSR count). The lowest BCUT2D eigenvalue weighted by Gasteiger charge is -2.43. The highest BCUT2D eigenvalue weighted by Crippen LogP contribution is 2.24. The molecule has 1 N–H and O–H groups in total. The minimum Gasteiger partial charge on any atom is -0.308 e. The maximum Gasteiger partial charge on any atom is 0.0386 e. The van der Waals surface area contributed by atoms with E-state index in [-0.39, 0.29) is 5.54 Å². The molecule has 1 unspecified atom stereocenters. The molecule has 4 heteroatoms. The van der Waals surface area contributed by atoms with Gasteiger partial charge in [-0.2, -0.15) is 0 Å². The predicted octanol–water partition coefficient (Wildman–Crippen LogP) is 2.99. The molecule has 0 aromatic carbocycles. The number of hydrogen-bond donors (Lipinski definition) is 1. The molecule has 0 aliphatic carbocycles. The summed E-state index contributed by atoms with van der Waals surface area (Å²) in [6.07, 6.45) is 1.14. The van der Waals surface area contributed by atoms with Gasteiger partial charge in [-0.15, -0.1) is 11.3 Å². The van der Waals surface area contributed by atoms with Crippen molar-refractivity contribution in [1.29, 1.82) is 0 Å². The Hall–Kier alpha value is -0.420. The van der Waals surface area contributed by atoms with Gasteiger partial charge in [-0.3, -0.25) is 4.90 Å². The number of nitrogens with zero attached hydrogens (tertiary/aromatic N) is 2. The highest BCUT2D eigenvalue weighted by Gasteiger charge is 2.29. The maximum atomic E-state index is 3.74. The van der Waals surface area contributed by atoms with Crippen molar-refractivity contribution >= 4 is 11.3 Å². The summed E-state index contributed by atoms with van der Waals surface area (Å²) >= 11 is 1.94. The SMILES string of the molecule is CCc1ccc(C(C)NCC(C)(C)N2CCN(C)CC2)s1. The number of thiophene rings is 1. The van der Waals surface area contributed by atoms with Crippen LogP contribution in [0.4, 0.5) is 0 Å². The van der Waals surface area contributed by atoms with Crippen LogP contribution in [0.1, 0.15) is 43.5 Å². The van der Waals surface area contributed by atoms with Gasteiger partial charge in [0, 0.05) is 54.1 Å². The van der Waals surface area contributed by atoms with Crippen molar-refractivity contribution in [1.82, 2.24) is 15.1 Å². The predicted molar refractivity (Wildman–Crippen MR) is 93.3 cm³/mol. The molecule has 1 fully saturated rings. The molecule has 1 aromatic rings. The van der Waals surface area contributed by atoms with Gasteiger partial charge >= 0.3 is 0 Å². The number of piperazine rings is 1. The fraction of sp³-hybridized carbons (Fsp3) is 0.765. The van der Waals surface area contributed by atoms with Crippen molar-refractivity contribution in [3.63, 3.8) is 0 Å². The Bertz CT molecular complexity index is 433. The Morgan fingerprint density at radius 3 is 2.48 bits per heavy atom. The van der Waals surface area contributed by atoms with Gasteiger partial charge in [0.2, 0.25) is 0 Å². The van der Waals surface area contributed by atoms with Gasteiger partial charge in [0.25, 0.3) is 0 Å². The molecule has 1 saturated heterocycles. The zero-order valence-corrected chi connectivity index (χ0v) is 15.1. The van der Waals surface area contributed by atoms with Crippen molar-refractivity contribution in [2.75, 3.05) is 39.8 Å². The van der Waals surface area contributed by atoms with Crippen LogP contribution in [0.3, 0.4) is 0 Å². The number of hydrogen-bond acceptors (Lipinski definition) is 4. The van der Waals surface area contributed by atoms with Crippen LogP contribution in [0.2, 0.25) is 0 Å². The third-order valence-electron chi connectivity index (χ3n) is 4.66. The molecule has 120 valence electrons. The molecule has 1 aliphatic heterocycles. The molecule has 3 nitrogen and oxygen atoms in total. The average Bonchev–Trinajstić information content (AvgIpc) is 2.94. The molecule has 2 heterocycles. The monoisotopic (exact) mass is 309 g/mol. The van der Waals surface area contributed by atoms with Crippen LogP contribution in [-0.2, 0) is 6.42 Å². The van der Waals surface area contributed by atoms with E-state index in [0.717, 1.165) is 13.0 Å². The van der Waals surface area contributed by atoms with E-state index in [2.05, 4.69) is 62.0 Å². The molecule has 0 bridgehead atoms. The fourth-order valence-electron chi connectivity index (χ4n) is 2.84. The van der Waals surface area contributed by atoms with Gasteiger partial charge in [-0.1, -0.05) is 6.92 Å². The molecule has 1 atom stereocenters. The second-order valence-electron chi connectivity index (χ2n) is 6.86. The lowest BCUT2D eigenvalue weighted by atomic mass is 10.0. The van der Waals surface area contributed by atoms with E-state index in [1.807, 2.05) is 11.3 Å². The summed E-state index contributed by atoms with van der Waals surface area (Å²) < 4.78 is 0. The summed E-state index contributed by atoms with van der Waals surface area (Å²) in [5, 5.41) is 3.74. The van der Waals surface area contributed by atoms with E-state index < -0.39 is 0 Å². The number of likely N-dealkylation sites (N-methyl/N-ethyl adjacent to an activating group) is 1. The van der Waals surface area contributed by atoms with Crippen molar-refractivity contribution in [3.8, 4) is 0 Å². The van der Waals surface area contributed by atoms with Gasteiger partial charge in [-0.05, 0) is 46.4 Å². The van der Waals surface area contributed by atoms with Crippen LogP contribution >= 0.6 is 11.3 Å². The molecule has 0 spiro atoms. The molecular formula is C17H31N3S. The highest BCUT2D eigenvalue weighted by atomic mass is 32.1. The van der Waals surface area contributed by atoms with Crippen LogP contribution in [-0.4, -0.2) is 55.1 Å². The molecule has 0 amide bonds. The van der Waals surface area contributed by atoms with E-state index >= 15 is 0 Å². The first-order chi connectivity index (χ1) is 9.92. The normalized spacial score (nSPS) is 19.9. The third-order valence-corrected chi connectivity index (χ3v) is 6.07. The summed E-state index contributed by atoms with van der Waals surface area (Å²) in [5.74, 6) is 0. The molecule has 21 heavy (non-hydrogen) atoms. The van der Waals surface area contributed by atoms with E-state index in [4.69, 9.17) is 0 Å². The van der Waals surface area contributed by atoms with E-state index in [0.29, 0.717) is 6.04 Å². The van der Waals surface area contributed by atoms with Gasteiger partial charge in [0.15, 0.2) is 0 Å². The van der Waals surface area contributed by atoms with Crippen molar-refractivity contribution in [3.05, 3.63) is 21.9 Å². The summed E-state index contributed by atoms with van der Waals surface area (Å²) in [4.78, 5) is 7.98.